The van der Waals surface area contributed by atoms with E-state index in [-0.39, 0.29) is 30.7 Å². The van der Waals surface area contributed by atoms with E-state index in [4.69, 9.17) is 4.74 Å². The van der Waals surface area contributed by atoms with Crippen LogP contribution in [-0.2, 0) is 11.3 Å². The number of fused-ring (bicyclic) bond motifs is 1. The minimum atomic E-state index is -4.39. The number of hydrogen-bond donors (Lipinski definition) is 1. The largest absolute Gasteiger partial charge is 0.405 e. The summed E-state index contributed by atoms with van der Waals surface area (Å²) in [6, 6.07) is 7.30. The van der Waals surface area contributed by atoms with Crippen molar-refractivity contribution in [3.05, 3.63) is 41.6 Å². The molecule has 2 aromatic rings. The fraction of sp³-hybridized carbons (Fsp3) is 0.500. The van der Waals surface area contributed by atoms with Crippen LogP contribution in [0.1, 0.15) is 36.8 Å². The Bertz CT molecular complexity index is 959. The molecule has 32 heavy (non-hydrogen) atoms. The number of benzene rings is 1. The van der Waals surface area contributed by atoms with E-state index < -0.39 is 12.7 Å². The Morgan fingerprint density at radius 2 is 1.84 bits per heavy atom. The molecule has 0 saturated heterocycles. The van der Waals surface area contributed by atoms with Crippen LogP contribution in [0.2, 0.25) is 0 Å². The third-order valence-corrected chi connectivity index (χ3v) is 5.97. The smallest absolute Gasteiger partial charge is 0.381 e. The van der Waals surface area contributed by atoms with Crippen molar-refractivity contribution in [2.45, 2.75) is 57.5 Å². The molecule has 0 spiro atoms. The molecule has 0 radical (unpaired) electrons. The van der Waals surface area contributed by atoms with Gasteiger partial charge in [-0.25, -0.2) is 9.78 Å². The number of hydrogen-bond acceptors (Lipinski definition) is 5. The number of carbonyl (C=O) groups excluding carboxylic acids is 1. The van der Waals surface area contributed by atoms with E-state index in [1.165, 1.54) is 6.20 Å². The second-order valence-electron chi connectivity index (χ2n) is 8.25. The quantitative estimate of drug-likeness (QED) is 0.719. The number of aromatic nitrogens is 2. The molecule has 0 bridgehead atoms. The SMILES string of the molecule is COC1CCC(N2C(=O)N(c3ccc(C)cc3)Cc3cnc(NCC(F)(F)F)nc32)CC1. The molecule has 1 saturated carbocycles. The zero-order valence-electron chi connectivity index (χ0n) is 18.0. The lowest BCUT2D eigenvalue weighted by Crippen LogP contribution is -2.53. The van der Waals surface area contributed by atoms with Crippen molar-refractivity contribution < 1.29 is 22.7 Å². The van der Waals surface area contributed by atoms with Crippen LogP contribution >= 0.6 is 0 Å². The lowest BCUT2D eigenvalue weighted by Gasteiger charge is -2.42. The number of nitrogens with one attached hydrogen (secondary N) is 1. The van der Waals surface area contributed by atoms with E-state index in [1.54, 1.807) is 16.9 Å². The van der Waals surface area contributed by atoms with Gasteiger partial charge in [-0.05, 0) is 44.7 Å². The summed E-state index contributed by atoms with van der Waals surface area (Å²) in [5.74, 6) is 0.229. The number of aryl methyl sites for hydroxylation is 1. The van der Waals surface area contributed by atoms with Crippen LogP contribution in [-0.4, -0.2) is 48.0 Å². The first-order chi connectivity index (χ1) is 15.2. The van der Waals surface area contributed by atoms with Crippen LogP contribution in [0.25, 0.3) is 0 Å². The second kappa shape index (κ2) is 8.93. The average molecular weight is 449 g/mol. The van der Waals surface area contributed by atoms with Crippen LogP contribution in [0.15, 0.2) is 30.5 Å². The van der Waals surface area contributed by atoms with Crippen LogP contribution in [0.3, 0.4) is 0 Å². The highest BCUT2D eigenvalue weighted by Crippen LogP contribution is 2.36. The summed E-state index contributed by atoms with van der Waals surface area (Å²) in [5.41, 5.74) is 2.52. The number of amides is 2. The first kappa shape index (κ1) is 22.3. The van der Waals surface area contributed by atoms with Gasteiger partial charge in [-0.15, -0.1) is 0 Å². The minimum Gasteiger partial charge on any atom is -0.381 e. The molecule has 7 nitrogen and oxygen atoms in total. The molecule has 1 aliphatic carbocycles. The van der Waals surface area contributed by atoms with Gasteiger partial charge in [0.2, 0.25) is 5.95 Å². The molecule has 172 valence electrons. The summed E-state index contributed by atoms with van der Waals surface area (Å²) in [6.07, 6.45) is 0.303. The van der Waals surface area contributed by atoms with Crippen molar-refractivity contribution in [2.24, 2.45) is 0 Å². The third kappa shape index (κ3) is 4.79. The zero-order chi connectivity index (χ0) is 22.9. The molecule has 2 heterocycles. The summed E-state index contributed by atoms with van der Waals surface area (Å²) in [4.78, 5) is 25.3. The van der Waals surface area contributed by atoms with Crippen LogP contribution in [0.5, 0.6) is 0 Å². The van der Waals surface area contributed by atoms with E-state index in [0.717, 1.165) is 36.9 Å². The van der Waals surface area contributed by atoms with Gasteiger partial charge in [0.05, 0.1) is 12.6 Å². The van der Waals surface area contributed by atoms with Gasteiger partial charge in [-0.2, -0.15) is 18.2 Å². The Labute approximate surface area is 184 Å². The standard InChI is InChI=1S/C22H26F3N5O2/c1-14-3-5-16(6-4-14)29-12-15-11-26-20(27-13-22(23,24)25)28-19(15)30(21(29)31)17-7-9-18(32-2)10-8-17/h3-6,11,17-18H,7-10,12-13H2,1-2H3,(H,26,27,28). The van der Waals surface area contributed by atoms with Crippen LogP contribution in [0.4, 0.5) is 35.4 Å². The van der Waals surface area contributed by atoms with Crippen molar-refractivity contribution >= 4 is 23.5 Å². The summed E-state index contributed by atoms with van der Waals surface area (Å²) in [5, 5.41) is 2.22. The fourth-order valence-corrected chi connectivity index (χ4v) is 4.24. The number of carbonyl (C=O) groups is 1. The Morgan fingerprint density at radius 3 is 2.47 bits per heavy atom. The molecule has 2 aliphatic rings. The minimum absolute atomic E-state index is 0.119. The highest BCUT2D eigenvalue weighted by atomic mass is 19.4. The Hall–Kier alpha value is -2.88. The molecular formula is C22H26F3N5O2. The average Bonchev–Trinajstić information content (AvgIpc) is 2.77. The Morgan fingerprint density at radius 1 is 1.16 bits per heavy atom. The van der Waals surface area contributed by atoms with Gasteiger partial charge in [0.1, 0.15) is 12.4 Å². The Balaban J connectivity index is 1.67. The number of ether oxygens (including phenoxy) is 1. The van der Waals surface area contributed by atoms with E-state index in [1.807, 2.05) is 31.2 Å². The Kier molecular flexibility index (Phi) is 6.23. The molecule has 1 fully saturated rings. The van der Waals surface area contributed by atoms with Gasteiger partial charge in [0.15, 0.2) is 0 Å². The number of nitrogens with zero attached hydrogens (tertiary/aromatic N) is 4. The van der Waals surface area contributed by atoms with Crippen LogP contribution < -0.4 is 15.1 Å². The monoisotopic (exact) mass is 449 g/mol. The molecular weight excluding hydrogens is 423 g/mol. The van der Waals surface area contributed by atoms with E-state index in [0.29, 0.717) is 11.4 Å². The number of rotatable bonds is 5. The van der Waals surface area contributed by atoms with Crippen molar-refractivity contribution in [1.82, 2.24) is 9.97 Å². The maximum Gasteiger partial charge on any atom is 0.405 e. The van der Waals surface area contributed by atoms with Crippen molar-refractivity contribution in [1.29, 1.82) is 0 Å². The predicted octanol–water partition coefficient (Wildman–Crippen LogP) is 4.66. The molecule has 4 rings (SSSR count). The van der Waals surface area contributed by atoms with Gasteiger partial charge >= 0.3 is 12.2 Å². The van der Waals surface area contributed by atoms with Crippen LogP contribution in [0, 0.1) is 6.92 Å². The molecule has 1 aliphatic heterocycles. The topological polar surface area (TPSA) is 70.6 Å². The highest BCUT2D eigenvalue weighted by molar-refractivity contribution is 6.05. The van der Waals surface area contributed by atoms with Gasteiger partial charge < -0.3 is 10.1 Å². The molecule has 0 unspecified atom stereocenters. The number of urea groups is 1. The van der Waals surface area contributed by atoms with Crippen molar-refractivity contribution in [3.63, 3.8) is 0 Å². The molecule has 1 aromatic heterocycles. The first-order valence-electron chi connectivity index (χ1n) is 10.6. The summed E-state index contributed by atoms with van der Waals surface area (Å²) in [7, 11) is 1.68. The maximum absolute atomic E-state index is 13.6. The first-order valence-corrected chi connectivity index (χ1v) is 10.6. The summed E-state index contributed by atoms with van der Waals surface area (Å²) >= 11 is 0. The summed E-state index contributed by atoms with van der Waals surface area (Å²) in [6.45, 7) is 0.982. The molecule has 10 heteroatoms. The zero-order valence-corrected chi connectivity index (χ0v) is 18.0. The van der Waals surface area contributed by atoms with Gasteiger partial charge in [0, 0.05) is 30.6 Å². The van der Waals surface area contributed by atoms with Gasteiger partial charge in [-0.3, -0.25) is 9.80 Å². The number of halogens is 3. The third-order valence-electron chi connectivity index (χ3n) is 5.97. The van der Waals surface area contributed by atoms with Crippen molar-refractivity contribution in [2.75, 3.05) is 28.8 Å². The molecule has 2 amide bonds. The van der Waals surface area contributed by atoms with Crippen molar-refractivity contribution in [3.8, 4) is 0 Å². The fourth-order valence-electron chi connectivity index (χ4n) is 4.24. The van der Waals surface area contributed by atoms with E-state index in [9.17, 15) is 18.0 Å². The number of alkyl halides is 3. The molecule has 0 atom stereocenters. The van der Waals surface area contributed by atoms with Gasteiger partial charge in [0.25, 0.3) is 0 Å². The van der Waals surface area contributed by atoms with E-state index in [2.05, 4.69) is 15.3 Å². The lowest BCUT2D eigenvalue weighted by atomic mass is 9.91. The lowest BCUT2D eigenvalue weighted by molar-refractivity contribution is -0.115. The highest BCUT2D eigenvalue weighted by Gasteiger charge is 2.39. The van der Waals surface area contributed by atoms with Gasteiger partial charge in [-0.1, -0.05) is 17.7 Å². The number of anilines is 3. The maximum atomic E-state index is 13.6. The normalized spacial score (nSPS) is 21.5. The number of methoxy groups -OCH3 is 1. The molecule has 1 aromatic carbocycles. The second-order valence-corrected chi connectivity index (χ2v) is 8.25. The van der Waals surface area contributed by atoms with E-state index >= 15 is 0 Å². The molecule has 1 N–H and O–H groups in total. The summed E-state index contributed by atoms with van der Waals surface area (Å²) < 4.78 is 43.4. The predicted molar refractivity (Wildman–Crippen MR) is 115 cm³/mol.